The van der Waals surface area contributed by atoms with E-state index in [0.29, 0.717) is 51.4 Å². The van der Waals surface area contributed by atoms with E-state index in [-0.39, 0.29) is 62.9 Å². The number of carboxylic acids is 1. The predicted octanol–water partition coefficient (Wildman–Crippen LogP) is -6.15. The fourth-order valence-electron chi connectivity index (χ4n) is 24.7. The van der Waals surface area contributed by atoms with Gasteiger partial charge in [-0.3, -0.25) is 14.4 Å². The van der Waals surface area contributed by atoms with Gasteiger partial charge in [0.25, 0.3) is 0 Å². The number of aliphatic carboxylic acids is 1. The van der Waals surface area contributed by atoms with Crippen LogP contribution in [0, 0.1) is 62.1 Å². The van der Waals surface area contributed by atoms with Crippen LogP contribution >= 0.6 is 0 Å². The SMILES string of the molecule is CC[C@H]1OCC(O)(O[C@@H](C[C@H](O)CC(=O)N[C@@H](C[C@H](O)CC(=O)N[C@H]2C(CO)O[C@@H](OC(=O)[C@]34CCC(C)(C)CC3C3=CCC5C6(C)CC[C@H](O[C@@H]7OC(C(=O)O)[C@H](O)[C@H](O[C@@H]8OC[C@H](O)[C@H](O)C8O)C7O[C@@H]7OC(CO)[C@H](O)[C@H](O)C7O)[C@](C)(C=O)[C@@H]6CCC5(C)C3(C)CC4O)C(O[C@@H]3OC(C)[C@H](O[C@@H]4OC[C@H](O)C(O[C@H]5OC[C@@](O)(CO)C5O)C4O)C(O)C3O)C2O)[C@@H](C)CC)[C@@H](C)CC)C1O. The minimum atomic E-state index is -2.27. The van der Waals surface area contributed by atoms with Gasteiger partial charge in [0.05, 0.1) is 107 Å². The molecule has 8 aliphatic heterocycles. The monoisotopic (exact) mass is 2000 g/mol. The number of carboxylic acid groups (broad SMARTS) is 1. The summed E-state index contributed by atoms with van der Waals surface area (Å²) in [5, 5.41) is 265. The lowest BCUT2D eigenvalue weighted by atomic mass is 9.33. The van der Waals surface area contributed by atoms with Gasteiger partial charge in [-0.25, -0.2) is 4.79 Å². The van der Waals surface area contributed by atoms with Crippen LogP contribution in [0.2, 0.25) is 0 Å². The molecule has 798 valence electrons. The zero-order valence-corrected chi connectivity index (χ0v) is 80.6. The van der Waals surface area contributed by atoms with Crippen molar-refractivity contribution in [1.82, 2.24) is 10.6 Å². The van der Waals surface area contributed by atoms with E-state index in [4.69, 9.17) is 75.8 Å². The van der Waals surface area contributed by atoms with Gasteiger partial charge >= 0.3 is 11.9 Å². The molecule has 22 unspecified atom stereocenters. The van der Waals surface area contributed by atoms with Gasteiger partial charge in [-0.15, -0.1) is 0 Å². The third-order valence-electron chi connectivity index (χ3n) is 33.9. The predicted molar refractivity (Wildman–Crippen MR) is 467 cm³/mol. The summed E-state index contributed by atoms with van der Waals surface area (Å²) in [7, 11) is 0. The number of aliphatic hydroxyl groups is 22. The van der Waals surface area contributed by atoms with Gasteiger partial charge in [0, 0.05) is 12.5 Å². The molecule has 5 aliphatic carbocycles. The number of aliphatic hydroxyl groups excluding tert-OH is 20. The Hall–Kier alpha value is -4.19. The van der Waals surface area contributed by atoms with E-state index >= 15 is 4.79 Å². The molecule has 8 saturated heterocycles. The summed E-state index contributed by atoms with van der Waals surface area (Å²) >= 11 is 0. The highest BCUT2D eigenvalue weighted by Gasteiger charge is 2.74. The number of nitrogens with one attached hydrogen (secondary N) is 2. The lowest BCUT2D eigenvalue weighted by molar-refractivity contribution is -0.391. The second kappa shape index (κ2) is 44.3. The maximum absolute atomic E-state index is 16.4. The highest BCUT2D eigenvalue weighted by molar-refractivity contribution is 5.80. The average molecular weight is 2000 g/mol. The van der Waals surface area contributed by atoms with Crippen molar-refractivity contribution in [2.75, 3.05) is 46.2 Å². The molecule has 46 heteroatoms. The van der Waals surface area contributed by atoms with Gasteiger partial charge in [-0.2, -0.15) is 0 Å². The molecule has 4 saturated carbocycles. The van der Waals surface area contributed by atoms with Crippen LogP contribution in [-0.4, -0.2) is 438 Å². The number of aldehydes is 1. The Kier molecular flexibility index (Phi) is 35.7. The van der Waals surface area contributed by atoms with Gasteiger partial charge in [0.2, 0.25) is 23.9 Å². The summed E-state index contributed by atoms with van der Waals surface area (Å²) in [4.78, 5) is 72.5. The molecule has 139 heavy (non-hydrogen) atoms. The number of hydrogen-bond acceptors (Lipinski definition) is 43. The first-order valence-corrected chi connectivity index (χ1v) is 49.0. The van der Waals surface area contributed by atoms with Crippen LogP contribution in [0.25, 0.3) is 0 Å². The van der Waals surface area contributed by atoms with Crippen molar-refractivity contribution in [3.8, 4) is 0 Å². The van der Waals surface area contributed by atoms with Crippen LogP contribution < -0.4 is 10.6 Å². The van der Waals surface area contributed by atoms with Gasteiger partial charge in [-0.1, -0.05) is 101 Å². The molecule has 13 rings (SSSR count). The Balaban J connectivity index is 0.755. The van der Waals surface area contributed by atoms with Crippen LogP contribution in [0.1, 0.15) is 186 Å². The third-order valence-corrected chi connectivity index (χ3v) is 33.9. The van der Waals surface area contributed by atoms with Crippen LogP contribution in [-0.2, 0) is 99.8 Å². The number of carbonyl (C=O) groups excluding carboxylic acids is 4. The average Bonchev–Trinajstić information content (AvgIpc) is 0.889. The van der Waals surface area contributed by atoms with E-state index in [1.54, 1.807) is 20.8 Å². The second-order valence-corrected chi connectivity index (χ2v) is 43.2. The minimum absolute atomic E-state index is 0.0135. The zero-order chi connectivity index (χ0) is 102. The fraction of sp³-hybridized carbons (Fsp3) is 0.925. The van der Waals surface area contributed by atoms with Crippen molar-refractivity contribution in [3.05, 3.63) is 11.6 Å². The summed E-state index contributed by atoms with van der Waals surface area (Å²) in [5.74, 6) is -8.86. The van der Waals surface area contributed by atoms with Crippen LogP contribution in [0.15, 0.2) is 11.6 Å². The summed E-state index contributed by atoms with van der Waals surface area (Å²) in [6.07, 6.45) is -60.0. The van der Waals surface area contributed by atoms with Crippen molar-refractivity contribution in [3.63, 3.8) is 0 Å². The van der Waals surface area contributed by atoms with Crippen molar-refractivity contribution < 1.29 is 217 Å². The molecule has 0 spiro atoms. The summed E-state index contributed by atoms with van der Waals surface area (Å²) in [5.41, 5.74) is -7.83. The van der Waals surface area contributed by atoms with E-state index in [0.717, 1.165) is 11.9 Å². The number of ether oxygens (including phenoxy) is 16. The molecule has 0 bridgehead atoms. The summed E-state index contributed by atoms with van der Waals surface area (Å²) < 4.78 is 96.6. The minimum Gasteiger partial charge on any atom is -0.479 e. The number of rotatable bonds is 36. The molecule has 0 aromatic rings. The second-order valence-electron chi connectivity index (χ2n) is 43.2. The zero-order valence-electron chi connectivity index (χ0n) is 80.6. The number of amides is 2. The molecule has 8 heterocycles. The molecule has 0 radical (unpaired) electrons. The molecule has 2 amide bonds. The number of esters is 1. The van der Waals surface area contributed by atoms with Gasteiger partial charge in [0.15, 0.2) is 49.9 Å². The van der Waals surface area contributed by atoms with E-state index < -0.39 is 365 Å². The maximum atomic E-state index is 16.4. The summed E-state index contributed by atoms with van der Waals surface area (Å²) in [6.45, 7) is 17.3. The smallest absolute Gasteiger partial charge is 0.335 e. The van der Waals surface area contributed by atoms with E-state index in [1.807, 2.05) is 41.5 Å². The van der Waals surface area contributed by atoms with Crippen LogP contribution in [0.4, 0.5) is 0 Å². The van der Waals surface area contributed by atoms with E-state index in [9.17, 15) is 137 Å². The lowest BCUT2D eigenvalue weighted by Gasteiger charge is -2.71. The molecule has 46 nitrogen and oxygen atoms in total. The normalized spacial score (nSPS) is 48.5. The molecule has 0 aromatic heterocycles. The molecule has 50 atom stereocenters. The Morgan fingerprint density at radius 2 is 1.15 bits per heavy atom. The Morgan fingerprint density at radius 3 is 1.78 bits per heavy atom. The molecule has 25 N–H and O–H groups in total. The lowest BCUT2D eigenvalue weighted by Crippen LogP contribution is -2.70. The first kappa shape index (κ1) is 112. The number of hydrogen-bond donors (Lipinski definition) is 25. The highest BCUT2D eigenvalue weighted by Crippen LogP contribution is 2.76. The molecule has 0 aromatic carbocycles. The van der Waals surface area contributed by atoms with Crippen molar-refractivity contribution in [2.45, 2.75) is 430 Å². The van der Waals surface area contributed by atoms with E-state index in [2.05, 4.69) is 30.6 Å². The van der Waals surface area contributed by atoms with Gasteiger partial charge < -0.3 is 209 Å². The fourth-order valence-corrected chi connectivity index (χ4v) is 24.7. The Morgan fingerprint density at radius 1 is 0.547 bits per heavy atom. The molecule has 13 aliphatic rings. The number of fused-ring (bicyclic) bond motifs is 7. The quantitative estimate of drug-likeness (QED) is 0.00912. The van der Waals surface area contributed by atoms with Crippen molar-refractivity contribution in [1.29, 1.82) is 0 Å². The molecular weight excluding hydrogens is 1850 g/mol. The Bertz CT molecular complexity index is 4150. The Labute approximate surface area is 805 Å². The first-order valence-electron chi connectivity index (χ1n) is 49.0. The number of carbonyl (C=O) groups is 5. The molecule has 12 fully saturated rings. The van der Waals surface area contributed by atoms with Crippen molar-refractivity contribution >= 4 is 30.0 Å². The van der Waals surface area contributed by atoms with Crippen LogP contribution in [0.5, 0.6) is 0 Å². The van der Waals surface area contributed by atoms with Crippen molar-refractivity contribution in [2.24, 2.45) is 62.1 Å². The topological polar surface area (TPSA) is 722 Å². The maximum Gasteiger partial charge on any atom is 0.335 e. The third kappa shape index (κ3) is 21.6. The highest BCUT2D eigenvalue weighted by atomic mass is 16.8. The summed E-state index contributed by atoms with van der Waals surface area (Å²) in [6, 6.07) is -2.58. The number of allylic oxidation sites excluding steroid dienone is 2. The molecular formula is C93H152N2O44. The van der Waals surface area contributed by atoms with Gasteiger partial charge in [-0.05, 0) is 129 Å². The largest absolute Gasteiger partial charge is 0.479 e. The van der Waals surface area contributed by atoms with E-state index in [1.165, 1.54) is 6.92 Å². The first-order chi connectivity index (χ1) is 65.3. The van der Waals surface area contributed by atoms with Crippen LogP contribution in [0.3, 0.4) is 0 Å². The van der Waals surface area contributed by atoms with Gasteiger partial charge in [0.1, 0.15) is 146 Å². The standard InChI is InChI=1S/C93H152N2O44/c1-13-38(4)45(94-56(105)27-42(101)25-49(39(5)14-2)139-93(123)37-126-48(15-3)75(93)117)24-41(100)26-57(106)95-58-50(30-96)129-82(73(61(58)109)136-80-66(114)63(111)69(40(6)128-80)132-79-68(116)70(47(103)33-125-79)133-84-76(118)91(122,35-99)36-127-84)138-85(121)92-23-22-86(7,8)28-44(92)43-16-17-53-87(9)20-19-55(88(10,34-98)52(87)18-21-89(53,11)90(43,12)29-54(92)104)131-83-74(137-81-65(113)62(110)60(108)51(31-97)130-81)71(67(115)72(135-83)77(119)120)134-78-64(112)59(107)46(102)32-124-78/h16,34,38-42,44-55,58-76,78-84,96-97,99-104,107-118,122-123H,13-15,17-33,35-37H2,1-12H3,(H,94,105)(H,95,106)(H,119,120)/t38-,39-,40?,41-,42-,44?,45-,46-,47-,48+,49-,50?,51?,52+,53?,54?,55-,58-,59-,60-,61?,62-,63?,64?,65?,66?,67+,68?,69-,70?,71-,72?,73?,74?,75?,76?,78-,79-,80-,81-,82-,83+,84+,87?,88+,89?,90?,91-,92+,93?/m0/s1.